The van der Waals surface area contributed by atoms with Crippen LogP contribution in [0.15, 0.2) is 60.9 Å². The highest BCUT2D eigenvalue weighted by atomic mass is 19.1. The summed E-state index contributed by atoms with van der Waals surface area (Å²) < 4.78 is 27.4. The second kappa shape index (κ2) is 6.17. The van der Waals surface area contributed by atoms with E-state index in [0.29, 0.717) is 11.6 Å². The van der Waals surface area contributed by atoms with Gasteiger partial charge in [-0.2, -0.15) is 0 Å². The number of nitrogens with one attached hydrogen (secondary N) is 2. The highest BCUT2D eigenvalue weighted by Crippen LogP contribution is 2.26. The van der Waals surface area contributed by atoms with Gasteiger partial charge < -0.3 is 10.6 Å². The van der Waals surface area contributed by atoms with E-state index < -0.39 is 11.6 Å². The van der Waals surface area contributed by atoms with Gasteiger partial charge in [0.05, 0.1) is 11.4 Å². The van der Waals surface area contributed by atoms with E-state index in [1.54, 1.807) is 36.4 Å². The SMILES string of the molecule is Fc1ccccc1Nc1nccnc1Nc1ccccc1F. The number of rotatable bonds is 4. The minimum atomic E-state index is -0.412. The minimum Gasteiger partial charge on any atom is -0.335 e. The predicted molar refractivity (Wildman–Crippen MR) is 81.4 cm³/mol. The van der Waals surface area contributed by atoms with E-state index in [1.807, 2.05) is 0 Å². The average Bonchev–Trinajstić information content (AvgIpc) is 2.53. The van der Waals surface area contributed by atoms with Crippen molar-refractivity contribution in [2.45, 2.75) is 0 Å². The molecule has 0 amide bonds. The molecule has 2 N–H and O–H groups in total. The van der Waals surface area contributed by atoms with E-state index in [2.05, 4.69) is 20.6 Å². The molecule has 0 aliphatic carbocycles. The number of benzene rings is 2. The fourth-order valence-electron chi connectivity index (χ4n) is 1.90. The van der Waals surface area contributed by atoms with Gasteiger partial charge in [-0.15, -0.1) is 0 Å². The molecule has 110 valence electrons. The highest BCUT2D eigenvalue weighted by molar-refractivity contribution is 5.72. The Hall–Kier alpha value is -3.02. The van der Waals surface area contributed by atoms with Gasteiger partial charge in [0.25, 0.3) is 0 Å². The van der Waals surface area contributed by atoms with Gasteiger partial charge in [-0.1, -0.05) is 24.3 Å². The third-order valence-electron chi connectivity index (χ3n) is 2.95. The summed E-state index contributed by atoms with van der Waals surface area (Å²) in [6.07, 6.45) is 2.94. The Balaban J connectivity index is 1.91. The molecular weight excluding hydrogens is 286 g/mol. The first-order chi connectivity index (χ1) is 10.7. The zero-order valence-electron chi connectivity index (χ0n) is 11.4. The van der Waals surface area contributed by atoms with E-state index in [0.717, 1.165) is 0 Å². The lowest BCUT2D eigenvalue weighted by Crippen LogP contribution is -2.03. The maximum Gasteiger partial charge on any atom is 0.174 e. The van der Waals surface area contributed by atoms with Crippen molar-refractivity contribution in [1.29, 1.82) is 0 Å². The standard InChI is InChI=1S/C16H12F2N4/c17-11-5-1-3-7-13(11)21-15-16(20-10-9-19-15)22-14-8-4-2-6-12(14)18/h1-10H,(H,19,21)(H,20,22). The molecule has 0 aliphatic heterocycles. The molecule has 22 heavy (non-hydrogen) atoms. The van der Waals surface area contributed by atoms with Gasteiger partial charge in [-0.25, -0.2) is 18.7 Å². The second-order valence-electron chi connectivity index (χ2n) is 4.46. The van der Waals surface area contributed by atoms with Crippen LogP contribution in [0.2, 0.25) is 0 Å². The molecule has 1 aromatic heterocycles. The zero-order chi connectivity index (χ0) is 15.4. The van der Waals surface area contributed by atoms with Gasteiger partial charge in [0.2, 0.25) is 0 Å². The van der Waals surface area contributed by atoms with Crippen LogP contribution in [-0.4, -0.2) is 9.97 Å². The number of hydrogen-bond donors (Lipinski definition) is 2. The van der Waals surface area contributed by atoms with Crippen molar-refractivity contribution in [2.75, 3.05) is 10.6 Å². The fraction of sp³-hybridized carbons (Fsp3) is 0. The summed E-state index contributed by atoms with van der Waals surface area (Å²) in [6, 6.07) is 12.4. The first-order valence-electron chi connectivity index (χ1n) is 6.58. The Morgan fingerprint density at radius 3 is 1.45 bits per heavy atom. The molecule has 0 spiro atoms. The molecule has 3 rings (SSSR count). The number of aromatic nitrogens is 2. The van der Waals surface area contributed by atoms with Crippen LogP contribution in [0.4, 0.5) is 31.8 Å². The molecule has 0 atom stereocenters. The third-order valence-corrected chi connectivity index (χ3v) is 2.95. The van der Waals surface area contributed by atoms with Crippen molar-refractivity contribution in [2.24, 2.45) is 0 Å². The Morgan fingerprint density at radius 2 is 1.05 bits per heavy atom. The van der Waals surface area contributed by atoms with Crippen molar-refractivity contribution < 1.29 is 8.78 Å². The number of halogens is 2. The largest absolute Gasteiger partial charge is 0.335 e. The molecule has 0 saturated carbocycles. The van der Waals surface area contributed by atoms with Crippen LogP contribution < -0.4 is 10.6 Å². The highest BCUT2D eigenvalue weighted by Gasteiger charge is 2.10. The van der Waals surface area contributed by atoms with Crippen LogP contribution in [0.5, 0.6) is 0 Å². The van der Waals surface area contributed by atoms with Crippen molar-refractivity contribution in [3.05, 3.63) is 72.6 Å². The normalized spacial score (nSPS) is 10.3. The number of hydrogen-bond acceptors (Lipinski definition) is 4. The van der Waals surface area contributed by atoms with Crippen LogP contribution in [0.3, 0.4) is 0 Å². The predicted octanol–water partition coefficient (Wildman–Crippen LogP) is 4.24. The molecular formula is C16H12F2N4. The van der Waals surface area contributed by atoms with Crippen molar-refractivity contribution in [3.8, 4) is 0 Å². The summed E-state index contributed by atoms with van der Waals surface area (Å²) >= 11 is 0. The number of para-hydroxylation sites is 2. The number of nitrogens with zero attached hydrogens (tertiary/aromatic N) is 2. The molecule has 0 radical (unpaired) electrons. The molecule has 4 nitrogen and oxygen atoms in total. The van der Waals surface area contributed by atoms with Crippen LogP contribution in [0.1, 0.15) is 0 Å². The van der Waals surface area contributed by atoms with E-state index in [4.69, 9.17) is 0 Å². The number of anilines is 4. The van der Waals surface area contributed by atoms with Gasteiger partial charge in [0, 0.05) is 12.4 Å². The fourth-order valence-corrected chi connectivity index (χ4v) is 1.90. The molecule has 0 unspecified atom stereocenters. The summed E-state index contributed by atoms with van der Waals surface area (Å²) in [5.41, 5.74) is 0.527. The summed E-state index contributed by atoms with van der Waals surface area (Å²) in [5, 5.41) is 5.69. The first-order valence-corrected chi connectivity index (χ1v) is 6.58. The van der Waals surface area contributed by atoms with Gasteiger partial charge in [-0.3, -0.25) is 0 Å². The Kier molecular flexibility index (Phi) is 3.91. The van der Waals surface area contributed by atoms with Crippen LogP contribution in [0, 0.1) is 11.6 Å². The van der Waals surface area contributed by atoms with Gasteiger partial charge in [0.15, 0.2) is 11.6 Å². The van der Waals surface area contributed by atoms with Crippen molar-refractivity contribution in [1.82, 2.24) is 9.97 Å². The molecule has 0 saturated heterocycles. The molecule has 0 fully saturated rings. The maximum absolute atomic E-state index is 13.7. The summed E-state index contributed by atoms with van der Waals surface area (Å²) in [6.45, 7) is 0. The van der Waals surface area contributed by atoms with Crippen LogP contribution in [-0.2, 0) is 0 Å². The quantitative estimate of drug-likeness (QED) is 0.756. The lowest BCUT2D eigenvalue weighted by atomic mass is 10.3. The molecule has 3 aromatic rings. The Bertz CT molecular complexity index is 726. The van der Waals surface area contributed by atoms with E-state index >= 15 is 0 Å². The second-order valence-corrected chi connectivity index (χ2v) is 4.46. The monoisotopic (exact) mass is 298 g/mol. The summed E-state index contributed by atoms with van der Waals surface area (Å²) in [7, 11) is 0. The molecule has 1 heterocycles. The lowest BCUT2D eigenvalue weighted by molar-refractivity contribution is 0.631. The molecule has 2 aromatic carbocycles. The van der Waals surface area contributed by atoms with Crippen molar-refractivity contribution in [3.63, 3.8) is 0 Å². The van der Waals surface area contributed by atoms with E-state index in [-0.39, 0.29) is 11.4 Å². The minimum absolute atomic E-state index is 0.264. The van der Waals surface area contributed by atoms with Gasteiger partial charge in [-0.05, 0) is 24.3 Å². The summed E-state index contributed by atoms with van der Waals surface area (Å²) in [5.74, 6) is -0.221. The zero-order valence-corrected chi connectivity index (χ0v) is 11.4. The smallest absolute Gasteiger partial charge is 0.174 e. The molecule has 0 bridgehead atoms. The Morgan fingerprint density at radius 1 is 0.636 bits per heavy atom. The topological polar surface area (TPSA) is 49.8 Å². The summed E-state index contributed by atoms with van der Waals surface area (Å²) in [4.78, 5) is 8.23. The Labute approximate surface area is 125 Å². The van der Waals surface area contributed by atoms with E-state index in [9.17, 15) is 8.78 Å². The third kappa shape index (κ3) is 3.01. The lowest BCUT2D eigenvalue weighted by Gasteiger charge is -2.12. The maximum atomic E-state index is 13.7. The first kappa shape index (κ1) is 13.9. The molecule has 0 aliphatic rings. The average molecular weight is 298 g/mol. The molecule has 6 heteroatoms. The van der Waals surface area contributed by atoms with Crippen LogP contribution >= 0.6 is 0 Å². The van der Waals surface area contributed by atoms with E-state index in [1.165, 1.54) is 24.5 Å². The van der Waals surface area contributed by atoms with Crippen LogP contribution in [0.25, 0.3) is 0 Å². The van der Waals surface area contributed by atoms with Gasteiger partial charge >= 0.3 is 0 Å². The van der Waals surface area contributed by atoms with Crippen molar-refractivity contribution >= 4 is 23.0 Å². The van der Waals surface area contributed by atoms with Gasteiger partial charge in [0.1, 0.15) is 11.6 Å².